The summed E-state index contributed by atoms with van der Waals surface area (Å²) in [5.41, 5.74) is 4.02. The molecule has 0 saturated carbocycles. The van der Waals surface area contributed by atoms with Crippen LogP contribution in [-0.4, -0.2) is 19.8 Å². The highest BCUT2D eigenvalue weighted by molar-refractivity contribution is 5.28. The van der Waals surface area contributed by atoms with Crippen LogP contribution < -0.4 is 14.8 Å². The number of hydrogen-bond acceptors (Lipinski definition) is 3. The molecule has 3 aromatic carbocycles. The third-order valence-corrected chi connectivity index (χ3v) is 4.45. The first-order valence-electron chi connectivity index (χ1n) is 9.46. The quantitative estimate of drug-likeness (QED) is 0.527. The summed E-state index contributed by atoms with van der Waals surface area (Å²) in [6, 6.07) is 26.6. The lowest BCUT2D eigenvalue weighted by Gasteiger charge is -2.10. The smallest absolute Gasteiger partial charge is 0.122 e. The zero-order chi connectivity index (χ0) is 18.7. The maximum atomic E-state index is 5.73. The Bertz CT molecular complexity index is 800. The normalized spacial score (nSPS) is 10.6. The summed E-state index contributed by atoms with van der Waals surface area (Å²) in [4.78, 5) is 0. The monoisotopic (exact) mass is 361 g/mol. The summed E-state index contributed by atoms with van der Waals surface area (Å²) < 4.78 is 11.4. The molecule has 0 heterocycles. The number of rotatable bonds is 10. The lowest BCUT2D eigenvalue weighted by Crippen LogP contribution is -2.17. The molecule has 0 aromatic heterocycles. The molecule has 0 saturated heterocycles. The van der Waals surface area contributed by atoms with E-state index in [1.807, 2.05) is 42.5 Å². The van der Waals surface area contributed by atoms with Crippen LogP contribution in [0.25, 0.3) is 0 Å². The molecule has 3 aromatic rings. The summed E-state index contributed by atoms with van der Waals surface area (Å²) in [7, 11) is 0. The Morgan fingerprint density at radius 2 is 1.33 bits per heavy atom. The van der Waals surface area contributed by atoms with Crippen molar-refractivity contribution in [2.45, 2.75) is 19.9 Å². The number of aryl methyl sites for hydroxylation is 1. The first kappa shape index (κ1) is 19.0. The van der Waals surface area contributed by atoms with E-state index in [-0.39, 0.29) is 0 Å². The maximum absolute atomic E-state index is 5.73. The molecule has 0 aliphatic heterocycles. The molecular formula is C24H27NO2. The minimum atomic E-state index is 0.531. The summed E-state index contributed by atoms with van der Waals surface area (Å²) in [6.45, 7) is 5.07. The average Bonchev–Trinajstić information content (AvgIpc) is 2.71. The Morgan fingerprint density at radius 3 is 2.04 bits per heavy atom. The van der Waals surface area contributed by atoms with E-state index < -0.39 is 0 Å². The van der Waals surface area contributed by atoms with Gasteiger partial charge in [0.1, 0.15) is 24.7 Å². The van der Waals surface area contributed by atoms with Gasteiger partial charge < -0.3 is 14.8 Å². The predicted molar refractivity (Wildman–Crippen MR) is 110 cm³/mol. The maximum Gasteiger partial charge on any atom is 0.122 e. The molecule has 3 rings (SSSR count). The second-order valence-corrected chi connectivity index (χ2v) is 6.51. The molecule has 0 amide bonds. The summed E-state index contributed by atoms with van der Waals surface area (Å²) >= 11 is 0. The fraction of sp³-hybridized carbons (Fsp3) is 0.250. The number of benzene rings is 3. The summed E-state index contributed by atoms with van der Waals surface area (Å²) in [5.74, 6) is 1.74. The number of nitrogens with one attached hydrogen (secondary N) is 1. The van der Waals surface area contributed by atoms with E-state index in [1.54, 1.807) is 0 Å². The van der Waals surface area contributed by atoms with E-state index in [1.165, 1.54) is 16.7 Å². The molecule has 0 bridgehead atoms. The van der Waals surface area contributed by atoms with Gasteiger partial charge in [-0.2, -0.15) is 0 Å². The van der Waals surface area contributed by atoms with Crippen molar-refractivity contribution in [3.05, 3.63) is 95.6 Å². The van der Waals surface area contributed by atoms with Crippen molar-refractivity contribution in [3.8, 4) is 11.5 Å². The minimum absolute atomic E-state index is 0.531. The first-order valence-corrected chi connectivity index (χ1v) is 9.46. The van der Waals surface area contributed by atoms with E-state index >= 15 is 0 Å². The Balaban J connectivity index is 1.33. The van der Waals surface area contributed by atoms with Crippen LogP contribution in [-0.2, 0) is 13.0 Å². The second kappa shape index (κ2) is 10.4. The van der Waals surface area contributed by atoms with Crippen molar-refractivity contribution in [1.29, 1.82) is 0 Å². The van der Waals surface area contributed by atoms with E-state index in [9.17, 15) is 0 Å². The van der Waals surface area contributed by atoms with Crippen molar-refractivity contribution in [3.63, 3.8) is 0 Å². The lowest BCUT2D eigenvalue weighted by atomic mass is 10.1. The van der Waals surface area contributed by atoms with Gasteiger partial charge in [-0.1, -0.05) is 54.6 Å². The van der Waals surface area contributed by atoms with Gasteiger partial charge in [-0.25, -0.2) is 0 Å². The van der Waals surface area contributed by atoms with Gasteiger partial charge >= 0.3 is 0 Å². The molecule has 0 aliphatic carbocycles. The topological polar surface area (TPSA) is 30.5 Å². The van der Waals surface area contributed by atoms with Crippen molar-refractivity contribution < 1.29 is 9.47 Å². The average molecular weight is 361 g/mol. The summed E-state index contributed by atoms with van der Waals surface area (Å²) in [5, 5.41) is 3.51. The second-order valence-electron chi connectivity index (χ2n) is 6.51. The molecule has 0 unspecified atom stereocenters. The largest absolute Gasteiger partial charge is 0.490 e. The van der Waals surface area contributed by atoms with Gasteiger partial charge in [0, 0.05) is 6.54 Å². The van der Waals surface area contributed by atoms with Crippen LogP contribution in [0.1, 0.15) is 16.7 Å². The lowest BCUT2D eigenvalue weighted by molar-refractivity contribution is 0.217. The van der Waals surface area contributed by atoms with Gasteiger partial charge in [0.05, 0.1) is 0 Å². The third kappa shape index (κ3) is 6.46. The van der Waals surface area contributed by atoms with Gasteiger partial charge in [-0.15, -0.1) is 0 Å². The van der Waals surface area contributed by atoms with E-state index in [2.05, 4.69) is 48.6 Å². The predicted octanol–water partition coefficient (Wildman–Crippen LogP) is 4.79. The standard InChI is InChI=1S/C24H27NO2/c1-20-7-5-6-8-22(20)15-16-25-19-21-11-13-24(14-12-21)27-18-17-26-23-9-3-2-4-10-23/h2-14,25H,15-19H2,1H3. The van der Waals surface area contributed by atoms with Crippen molar-refractivity contribution in [1.82, 2.24) is 5.32 Å². The molecule has 1 N–H and O–H groups in total. The zero-order valence-corrected chi connectivity index (χ0v) is 15.9. The van der Waals surface area contributed by atoms with Gasteiger partial charge in [0.2, 0.25) is 0 Å². The van der Waals surface area contributed by atoms with Crippen LogP contribution in [0.2, 0.25) is 0 Å². The Kier molecular flexibility index (Phi) is 7.31. The van der Waals surface area contributed by atoms with Gasteiger partial charge in [-0.3, -0.25) is 0 Å². The van der Waals surface area contributed by atoms with Crippen LogP contribution in [0.3, 0.4) is 0 Å². The highest BCUT2D eigenvalue weighted by Crippen LogP contribution is 2.13. The molecule has 0 atom stereocenters. The zero-order valence-electron chi connectivity index (χ0n) is 15.9. The third-order valence-electron chi connectivity index (χ3n) is 4.45. The van der Waals surface area contributed by atoms with Crippen LogP contribution in [0.15, 0.2) is 78.9 Å². The molecular weight excluding hydrogens is 334 g/mol. The van der Waals surface area contributed by atoms with Crippen molar-refractivity contribution in [2.75, 3.05) is 19.8 Å². The Hall–Kier alpha value is -2.78. The molecule has 0 radical (unpaired) electrons. The number of para-hydroxylation sites is 1. The van der Waals surface area contributed by atoms with Gasteiger partial charge in [0.15, 0.2) is 0 Å². The minimum Gasteiger partial charge on any atom is -0.490 e. The van der Waals surface area contributed by atoms with Crippen molar-refractivity contribution in [2.24, 2.45) is 0 Å². The number of hydrogen-bond donors (Lipinski definition) is 1. The molecule has 0 spiro atoms. The van der Waals surface area contributed by atoms with Gasteiger partial charge in [-0.05, 0) is 60.8 Å². The fourth-order valence-electron chi connectivity index (χ4n) is 2.89. The Morgan fingerprint density at radius 1 is 0.704 bits per heavy atom. The first-order chi connectivity index (χ1) is 13.3. The highest BCUT2D eigenvalue weighted by Gasteiger charge is 1.99. The molecule has 140 valence electrons. The van der Waals surface area contributed by atoms with E-state index in [0.29, 0.717) is 13.2 Å². The Labute approximate surface area is 162 Å². The van der Waals surface area contributed by atoms with Crippen LogP contribution in [0.4, 0.5) is 0 Å². The molecule has 0 aliphatic rings. The molecule has 0 fully saturated rings. The van der Waals surface area contributed by atoms with Crippen LogP contribution in [0.5, 0.6) is 11.5 Å². The van der Waals surface area contributed by atoms with E-state index in [4.69, 9.17) is 9.47 Å². The molecule has 3 nitrogen and oxygen atoms in total. The highest BCUT2D eigenvalue weighted by atomic mass is 16.5. The van der Waals surface area contributed by atoms with Crippen molar-refractivity contribution >= 4 is 0 Å². The molecule has 3 heteroatoms. The van der Waals surface area contributed by atoms with Crippen LogP contribution >= 0.6 is 0 Å². The fourth-order valence-corrected chi connectivity index (χ4v) is 2.89. The number of ether oxygens (including phenoxy) is 2. The van der Waals surface area contributed by atoms with Gasteiger partial charge in [0.25, 0.3) is 0 Å². The SMILES string of the molecule is Cc1ccccc1CCNCc1ccc(OCCOc2ccccc2)cc1. The van der Waals surface area contributed by atoms with E-state index in [0.717, 1.165) is 31.0 Å². The molecule has 27 heavy (non-hydrogen) atoms. The van der Waals surface area contributed by atoms with Crippen LogP contribution in [0, 0.1) is 6.92 Å². The summed E-state index contributed by atoms with van der Waals surface area (Å²) in [6.07, 6.45) is 1.05.